The van der Waals surface area contributed by atoms with Gasteiger partial charge >= 0.3 is 5.97 Å². The van der Waals surface area contributed by atoms with E-state index < -0.39 is 0 Å². The van der Waals surface area contributed by atoms with Gasteiger partial charge in [-0.15, -0.1) is 35.0 Å². The number of hydrogen-bond donors (Lipinski definition) is 1. The van der Waals surface area contributed by atoms with Crippen molar-refractivity contribution in [3.05, 3.63) is 11.6 Å². The number of hydrogen-bond acceptors (Lipinski definition) is 6. The first-order valence-corrected chi connectivity index (χ1v) is 11.3. The molecule has 1 aromatic heterocycles. The minimum absolute atomic E-state index is 0. The Morgan fingerprint density at radius 3 is 2.57 bits per heavy atom. The molecule has 5 heterocycles. The summed E-state index contributed by atoms with van der Waals surface area (Å²) in [6, 6.07) is 0. The topological polar surface area (TPSA) is 72.3 Å². The van der Waals surface area contributed by atoms with Crippen molar-refractivity contribution in [3.8, 4) is 0 Å². The highest BCUT2D eigenvalue weighted by atomic mass is 35.5. The SMILES string of the molecule is Cl.Cl.O=C1OC(CN2CCC(c3nnc4n3CCCCC4)CC2)CC12CCNCC2. The largest absolute Gasteiger partial charge is 0.461 e. The molecule has 1 aromatic rings. The number of likely N-dealkylation sites (tertiary alicyclic amines) is 1. The number of aromatic nitrogens is 3. The Balaban J connectivity index is 0.00000128. The lowest BCUT2D eigenvalue weighted by Gasteiger charge is -2.33. The van der Waals surface area contributed by atoms with Crippen LogP contribution in [0.3, 0.4) is 0 Å². The highest BCUT2D eigenvalue weighted by Crippen LogP contribution is 2.42. The molecule has 30 heavy (non-hydrogen) atoms. The summed E-state index contributed by atoms with van der Waals surface area (Å²) in [7, 11) is 0. The molecule has 5 rings (SSSR count). The van der Waals surface area contributed by atoms with Gasteiger partial charge in [-0.05, 0) is 64.7 Å². The maximum Gasteiger partial charge on any atom is 0.312 e. The Kier molecular flexibility index (Phi) is 8.04. The van der Waals surface area contributed by atoms with Gasteiger partial charge in [-0.2, -0.15) is 0 Å². The molecule has 1 atom stereocenters. The number of ether oxygens (including phenoxy) is 1. The summed E-state index contributed by atoms with van der Waals surface area (Å²) in [6.45, 7) is 6.00. The van der Waals surface area contributed by atoms with Crippen molar-refractivity contribution in [2.75, 3.05) is 32.7 Å². The predicted molar refractivity (Wildman–Crippen MR) is 120 cm³/mol. The van der Waals surface area contributed by atoms with E-state index in [1.807, 2.05) is 0 Å². The Labute approximate surface area is 191 Å². The van der Waals surface area contributed by atoms with Crippen LogP contribution >= 0.6 is 24.8 Å². The van der Waals surface area contributed by atoms with E-state index in [9.17, 15) is 4.79 Å². The molecule has 0 aliphatic carbocycles. The summed E-state index contributed by atoms with van der Waals surface area (Å²) < 4.78 is 8.22. The predicted octanol–water partition coefficient (Wildman–Crippen LogP) is 2.71. The lowest BCUT2D eigenvalue weighted by Crippen LogP contribution is -2.40. The number of carbonyl (C=O) groups excluding carboxylic acids is 1. The molecule has 3 fully saturated rings. The van der Waals surface area contributed by atoms with Crippen LogP contribution in [0.15, 0.2) is 0 Å². The quantitative estimate of drug-likeness (QED) is 0.700. The van der Waals surface area contributed by atoms with E-state index in [-0.39, 0.29) is 42.3 Å². The summed E-state index contributed by atoms with van der Waals surface area (Å²) in [4.78, 5) is 15.0. The smallest absolute Gasteiger partial charge is 0.312 e. The molecule has 1 spiro atoms. The Bertz CT molecular complexity index is 714. The highest BCUT2D eigenvalue weighted by Gasteiger charge is 2.49. The van der Waals surface area contributed by atoms with E-state index >= 15 is 0 Å². The third kappa shape index (κ3) is 4.64. The van der Waals surface area contributed by atoms with Gasteiger partial charge in [0, 0.05) is 31.8 Å². The zero-order chi connectivity index (χ0) is 19.0. The van der Waals surface area contributed by atoms with Crippen molar-refractivity contribution in [3.63, 3.8) is 0 Å². The molecular weight excluding hydrogens is 425 g/mol. The Morgan fingerprint density at radius 2 is 1.80 bits per heavy atom. The van der Waals surface area contributed by atoms with Crippen LogP contribution in [0.1, 0.15) is 68.9 Å². The number of carbonyl (C=O) groups is 1. The van der Waals surface area contributed by atoms with Gasteiger partial charge in [0.05, 0.1) is 5.41 Å². The summed E-state index contributed by atoms with van der Waals surface area (Å²) >= 11 is 0. The monoisotopic (exact) mass is 459 g/mol. The number of halogens is 2. The molecule has 170 valence electrons. The second-order valence-corrected chi connectivity index (χ2v) is 9.27. The van der Waals surface area contributed by atoms with Crippen LogP contribution in [-0.4, -0.2) is 64.5 Å². The molecule has 0 bridgehead atoms. The number of fused-ring (bicyclic) bond motifs is 1. The number of aryl methyl sites for hydroxylation is 1. The van der Waals surface area contributed by atoms with Crippen molar-refractivity contribution < 1.29 is 9.53 Å². The molecule has 1 unspecified atom stereocenters. The standard InChI is InChI=1S/C21H33N5O2.2ClH/c27-20-21(7-9-22-10-8-21)14-17(28-20)15-25-12-5-16(6-13-25)19-24-23-18-4-2-1-3-11-26(18)19;;/h16-17,22H,1-15H2;2*1H. The minimum atomic E-state index is -0.201. The molecule has 7 nitrogen and oxygen atoms in total. The van der Waals surface area contributed by atoms with Crippen LogP contribution in [0, 0.1) is 5.41 Å². The zero-order valence-corrected chi connectivity index (χ0v) is 19.3. The molecule has 9 heteroatoms. The van der Waals surface area contributed by atoms with E-state index in [0.717, 1.165) is 77.8 Å². The zero-order valence-electron chi connectivity index (χ0n) is 17.7. The molecule has 0 radical (unpaired) electrons. The van der Waals surface area contributed by atoms with Crippen LogP contribution in [0.4, 0.5) is 0 Å². The maximum absolute atomic E-state index is 12.5. The van der Waals surface area contributed by atoms with Crippen LogP contribution in [0.5, 0.6) is 0 Å². The molecule has 0 amide bonds. The van der Waals surface area contributed by atoms with Crippen molar-refractivity contribution >= 4 is 30.8 Å². The fourth-order valence-corrected chi connectivity index (χ4v) is 5.72. The van der Waals surface area contributed by atoms with E-state index in [1.165, 1.54) is 30.9 Å². The van der Waals surface area contributed by atoms with E-state index in [1.54, 1.807) is 0 Å². The number of cyclic esters (lactones) is 1. The van der Waals surface area contributed by atoms with Gasteiger partial charge in [0.2, 0.25) is 0 Å². The van der Waals surface area contributed by atoms with Crippen LogP contribution in [-0.2, 0) is 22.5 Å². The molecule has 4 aliphatic rings. The van der Waals surface area contributed by atoms with Gasteiger partial charge in [-0.3, -0.25) is 9.69 Å². The van der Waals surface area contributed by atoms with E-state index in [2.05, 4.69) is 25.0 Å². The first-order chi connectivity index (χ1) is 13.7. The summed E-state index contributed by atoms with van der Waals surface area (Å²) in [5, 5.41) is 12.4. The Morgan fingerprint density at radius 1 is 1.03 bits per heavy atom. The van der Waals surface area contributed by atoms with Crippen molar-refractivity contribution in [1.82, 2.24) is 25.0 Å². The first kappa shape index (κ1) is 23.8. The fraction of sp³-hybridized carbons (Fsp3) is 0.857. The van der Waals surface area contributed by atoms with Gasteiger partial charge in [0.15, 0.2) is 0 Å². The molecule has 1 N–H and O–H groups in total. The third-order valence-electron chi connectivity index (χ3n) is 7.44. The molecule has 3 saturated heterocycles. The van der Waals surface area contributed by atoms with Crippen molar-refractivity contribution in [2.24, 2.45) is 5.41 Å². The second-order valence-electron chi connectivity index (χ2n) is 9.27. The van der Waals surface area contributed by atoms with Crippen molar-refractivity contribution in [1.29, 1.82) is 0 Å². The fourth-order valence-electron chi connectivity index (χ4n) is 5.72. The number of nitrogens with zero attached hydrogens (tertiary/aromatic N) is 4. The minimum Gasteiger partial charge on any atom is -0.461 e. The van der Waals surface area contributed by atoms with Gasteiger partial charge in [0.1, 0.15) is 17.8 Å². The average molecular weight is 460 g/mol. The molecule has 0 aromatic carbocycles. The van der Waals surface area contributed by atoms with Crippen molar-refractivity contribution in [2.45, 2.75) is 76.4 Å². The lowest BCUT2D eigenvalue weighted by atomic mass is 9.76. The van der Waals surface area contributed by atoms with E-state index in [0.29, 0.717) is 5.92 Å². The number of piperidine rings is 2. The van der Waals surface area contributed by atoms with Gasteiger partial charge in [-0.25, -0.2) is 0 Å². The number of rotatable bonds is 3. The molecular formula is C21H35Cl2N5O2. The number of esters is 1. The maximum atomic E-state index is 12.5. The third-order valence-corrected chi connectivity index (χ3v) is 7.44. The lowest BCUT2D eigenvalue weighted by molar-refractivity contribution is -0.150. The highest BCUT2D eigenvalue weighted by molar-refractivity contribution is 5.85. The summed E-state index contributed by atoms with van der Waals surface area (Å²) in [5.41, 5.74) is -0.201. The first-order valence-electron chi connectivity index (χ1n) is 11.3. The van der Waals surface area contributed by atoms with Crippen LogP contribution in [0.25, 0.3) is 0 Å². The summed E-state index contributed by atoms with van der Waals surface area (Å²) in [5.74, 6) is 3.00. The number of nitrogens with one attached hydrogen (secondary N) is 1. The van der Waals surface area contributed by atoms with Gasteiger partial charge < -0.3 is 14.6 Å². The Hall–Kier alpha value is -0.890. The summed E-state index contributed by atoms with van der Waals surface area (Å²) in [6.07, 6.45) is 9.99. The van der Waals surface area contributed by atoms with Crippen LogP contribution in [0.2, 0.25) is 0 Å². The molecule has 0 saturated carbocycles. The van der Waals surface area contributed by atoms with Gasteiger partial charge in [0.25, 0.3) is 0 Å². The van der Waals surface area contributed by atoms with Crippen LogP contribution < -0.4 is 5.32 Å². The average Bonchev–Trinajstić information content (AvgIpc) is 3.14. The second kappa shape index (κ2) is 10.2. The van der Waals surface area contributed by atoms with Gasteiger partial charge in [-0.1, -0.05) is 6.42 Å². The molecule has 4 aliphatic heterocycles. The van der Waals surface area contributed by atoms with E-state index in [4.69, 9.17) is 4.74 Å². The normalized spacial score (nSPS) is 26.9.